The van der Waals surface area contributed by atoms with Crippen LogP contribution in [0.5, 0.6) is 11.5 Å². The molecule has 0 aliphatic heterocycles. The summed E-state index contributed by atoms with van der Waals surface area (Å²) < 4.78 is 19.3. The molecule has 1 atom stereocenters. The van der Waals surface area contributed by atoms with Gasteiger partial charge in [-0.15, -0.1) is 0 Å². The number of benzene rings is 2. The molecule has 0 fully saturated rings. The van der Waals surface area contributed by atoms with E-state index in [1.165, 1.54) is 6.07 Å². The van der Waals surface area contributed by atoms with Gasteiger partial charge in [0.1, 0.15) is 17.3 Å². The van der Waals surface area contributed by atoms with E-state index < -0.39 is 6.10 Å². The van der Waals surface area contributed by atoms with Crippen LogP contribution in [-0.2, 0) is 0 Å². The van der Waals surface area contributed by atoms with Crippen LogP contribution in [0.3, 0.4) is 0 Å². The predicted octanol–water partition coefficient (Wildman–Crippen LogP) is 4.82. The Kier molecular flexibility index (Phi) is 4.56. The Balaban J connectivity index is 2.12. The van der Waals surface area contributed by atoms with Crippen LogP contribution in [0.1, 0.15) is 25.0 Å². The quantitative estimate of drug-likeness (QED) is 0.873. The van der Waals surface area contributed by atoms with Crippen LogP contribution < -0.4 is 4.74 Å². The molecule has 0 radical (unpaired) electrons. The highest BCUT2D eigenvalue weighted by Gasteiger charge is 2.06. The molecule has 0 aliphatic rings. The van der Waals surface area contributed by atoms with Gasteiger partial charge in [0.25, 0.3) is 0 Å². The van der Waals surface area contributed by atoms with Gasteiger partial charge in [0.2, 0.25) is 0 Å². The molecule has 100 valence electrons. The largest absolute Gasteiger partial charge is 0.457 e. The van der Waals surface area contributed by atoms with E-state index in [0.29, 0.717) is 22.4 Å². The molecule has 1 N–H and O–H groups in total. The summed E-state index contributed by atoms with van der Waals surface area (Å²) in [4.78, 5) is 0. The summed E-state index contributed by atoms with van der Waals surface area (Å²) in [6.45, 7) is 1.92. The first kappa shape index (κ1) is 14.0. The first-order chi connectivity index (χ1) is 9.10. The minimum atomic E-state index is -0.459. The van der Waals surface area contributed by atoms with Gasteiger partial charge in [-0.2, -0.15) is 0 Å². The Morgan fingerprint density at radius 3 is 2.37 bits per heavy atom. The van der Waals surface area contributed by atoms with Crippen molar-refractivity contribution in [3.63, 3.8) is 0 Å². The predicted molar refractivity (Wildman–Crippen MR) is 75.9 cm³/mol. The van der Waals surface area contributed by atoms with Crippen LogP contribution in [0.25, 0.3) is 0 Å². The van der Waals surface area contributed by atoms with E-state index in [9.17, 15) is 9.50 Å². The van der Waals surface area contributed by atoms with Gasteiger partial charge in [0, 0.05) is 6.07 Å². The number of aliphatic hydroxyl groups is 1. The number of hydrogen-bond acceptors (Lipinski definition) is 2. The zero-order chi connectivity index (χ0) is 13.8. The highest BCUT2D eigenvalue weighted by Crippen LogP contribution is 2.27. The highest BCUT2D eigenvalue weighted by atomic mass is 79.9. The standard InChI is InChI=1S/C15H14BrFO2/c1-2-15(18)10-3-5-11(6-4-10)19-12-7-8-13(16)14(17)9-12/h3-9,15,18H,2H2,1H3. The van der Waals surface area contributed by atoms with Gasteiger partial charge in [-0.3, -0.25) is 0 Å². The molecule has 0 heterocycles. The Labute approximate surface area is 120 Å². The topological polar surface area (TPSA) is 29.5 Å². The van der Waals surface area contributed by atoms with Crippen molar-refractivity contribution in [1.82, 2.24) is 0 Å². The van der Waals surface area contributed by atoms with E-state index in [-0.39, 0.29) is 5.82 Å². The van der Waals surface area contributed by atoms with E-state index >= 15 is 0 Å². The molecule has 2 nitrogen and oxygen atoms in total. The van der Waals surface area contributed by atoms with Crippen molar-refractivity contribution in [3.8, 4) is 11.5 Å². The zero-order valence-electron chi connectivity index (χ0n) is 10.4. The molecule has 0 aliphatic carbocycles. The molecule has 0 bridgehead atoms. The van der Waals surface area contributed by atoms with Crippen molar-refractivity contribution in [1.29, 1.82) is 0 Å². The van der Waals surface area contributed by atoms with E-state index in [1.807, 2.05) is 6.92 Å². The summed E-state index contributed by atoms with van der Waals surface area (Å²) in [5.74, 6) is 0.675. The van der Waals surface area contributed by atoms with Gasteiger partial charge in [-0.1, -0.05) is 19.1 Å². The third kappa shape index (κ3) is 3.55. The molecule has 2 aromatic rings. The lowest BCUT2D eigenvalue weighted by Crippen LogP contribution is -1.94. The molecule has 0 saturated carbocycles. The molecule has 1 unspecified atom stereocenters. The van der Waals surface area contributed by atoms with Crippen molar-refractivity contribution >= 4 is 15.9 Å². The van der Waals surface area contributed by atoms with Crippen molar-refractivity contribution in [2.24, 2.45) is 0 Å². The van der Waals surface area contributed by atoms with Crippen LogP contribution in [0, 0.1) is 5.82 Å². The van der Waals surface area contributed by atoms with Gasteiger partial charge in [-0.25, -0.2) is 4.39 Å². The van der Waals surface area contributed by atoms with E-state index in [4.69, 9.17) is 4.74 Å². The molecule has 2 aromatic carbocycles. The summed E-state index contributed by atoms with van der Waals surface area (Å²) in [5.41, 5.74) is 0.844. The molecule has 0 amide bonds. The van der Waals surface area contributed by atoms with Crippen molar-refractivity contribution in [2.75, 3.05) is 0 Å². The third-order valence-corrected chi connectivity index (χ3v) is 3.42. The van der Waals surface area contributed by atoms with Crippen molar-refractivity contribution in [3.05, 3.63) is 58.3 Å². The lowest BCUT2D eigenvalue weighted by Gasteiger charge is -2.10. The van der Waals surface area contributed by atoms with Gasteiger partial charge < -0.3 is 9.84 Å². The van der Waals surface area contributed by atoms with Crippen LogP contribution in [0.4, 0.5) is 4.39 Å². The third-order valence-electron chi connectivity index (χ3n) is 2.78. The van der Waals surface area contributed by atoms with Gasteiger partial charge in [0.05, 0.1) is 10.6 Å². The lowest BCUT2D eigenvalue weighted by atomic mass is 10.1. The maximum Gasteiger partial charge on any atom is 0.141 e. The molecule has 0 spiro atoms. The van der Waals surface area contributed by atoms with Crippen molar-refractivity contribution in [2.45, 2.75) is 19.4 Å². The Morgan fingerprint density at radius 2 is 1.79 bits per heavy atom. The molecule has 0 aromatic heterocycles. The Bertz CT molecular complexity index is 555. The Morgan fingerprint density at radius 1 is 1.16 bits per heavy atom. The van der Waals surface area contributed by atoms with E-state index in [1.54, 1.807) is 36.4 Å². The summed E-state index contributed by atoms with van der Waals surface area (Å²) in [6, 6.07) is 11.7. The first-order valence-corrected chi connectivity index (χ1v) is 6.80. The average molecular weight is 325 g/mol. The maximum absolute atomic E-state index is 13.3. The van der Waals surface area contributed by atoms with Gasteiger partial charge in [0.15, 0.2) is 0 Å². The Hall–Kier alpha value is -1.39. The summed E-state index contributed by atoms with van der Waals surface area (Å²) in [7, 11) is 0. The SMILES string of the molecule is CCC(O)c1ccc(Oc2ccc(Br)c(F)c2)cc1. The van der Waals surface area contributed by atoms with Gasteiger partial charge in [-0.05, 0) is 52.2 Å². The second-order valence-corrected chi connectivity index (χ2v) is 5.03. The highest BCUT2D eigenvalue weighted by molar-refractivity contribution is 9.10. The maximum atomic E-state index is 13.3. The monoisotopic (exact) mass is 324 g/mol. The van der Waals surface area contributed by atoms with Crippen LogP contribution in [0.2, 0.25) is 0 Å². The molecule has 2 rings (SSSR count). The minimum Gasteiger partial charge on any atom is -0.457 e. The smallest absolute Gasteiger partial charge is 0.141 e. The average Bonchev–Trinajstić information content (AvgIpc) is 2.43. The molecule has 0 saturated heterocycles. The van der Waals surface area contributed by atoms with E-state index in [2.05, 4.69) is 15.9 Å². The summed E-state index contributed by atoms with van der Waals surface area (Å²) in [6.07, 6.45) is 0.206. The number of aliphatic hydroxyl groups excluding tert-OH is 1. The van der Waals surface area contributed by atoms with Gasteiger partial charge >= 0.3 is 0 Å². The van der Waals surface area contributed by atoms with Crippen molar-refractivity contribution < 1.29 is 14.2 Å². The normalized spacial score (nSPS) is 12.2. The second kappa shape index (κ2) is 6.17. The number of rotatable bonds is 4. The zero-order valence-corrected chi connectivity index (χ0v) is 12.0. The fraction of sp³-hybridized carbons (Fsp3) is 0.200. The number of hydrogen-bond donors (Lipinski definition) is 1. The summed E-state index contributed by atoms with van der Waals surface area (Å²) >= 11 is 3.09. The summed E-state index contributed by atoms with van der Waals surface area (Å²) in [5, 5.41) is 9.68. The molecular formula is C15H14BrFO2. The lowest BCUT2D eigenvalue weighted by molar-refractivity contribution is 0.173. The number of ether oxygens (including phenoxy) is 1. The van der Waals surface area contributed by atoms with Crippen LogP contribution in [0.15, 0.2) is 46.9 Å². The van der Waals surface area contributed by atoms with Crippen LogP contribution in [-0.4, -0.2) is 5.11 Å². The fourth-order valence-electron chi connectivity index (χ4n) is 1.67. The van der Waals surface area contributed by atoms with Crippen LogP contribution >= 0.6 is 15.9 Å². The molecule has 19 heavy (non-hydrogen) atoms. The number of halogens is 2. The molecule has 4 heteroatoms. The minimum absolute atomic E-state index is 0.365. The van der Waals surface area contributed by atoms with E-state index in [0.717, 1.165) is 5.56 Å². The first-order valence-electron chi connectivity index (χ1n) is 6.01. The molecular weight excluding hydrogens is 311 g/mol. The second-order valence-electron chi connectivity index (χ2n) is 4.17. The fourth-order valence-corrected chi connectivity index (χ4v) is 1.92.